The van der Waals surface area contributed by atoms with Crippen molar-refractivity contribution in [3.63, 3.8) is 0 Å². The molecule has 2 N–H and O–H groups in total. The summed E-state index contributed by atoms with van der Waals surface area (Å²) in [6, 6.07) is 0.0492. The Labute approximate surface area is 113 Å². The van der Waals surface area contributed by atoms with Crippen molar-refractivity contribution in [2.75, 3.05) is 13.1 Å². The van der Waals surface area contributed by atoms with Gasteiger partial charge in [-0.05, 0) is 44.2 Å². The number of hydrogen-bond acceptors (Lipinski definition) is 4. The van der Waals surface area contributed by atoms with Crippen LogP contribution in [-0.2, 0) is 17.1 Å². The van der Waals surface area contributed by atoms with Gasteiger partial charge in [-0.1, -0.05) is 0 Å². The summed E-state index contributed by atoms with van der Waals surface area (Å²) in [6.45, 7) is 2.11. The minimum atomic E-state index is -3.47. The summed E-state index contributed by atoms with van der Waals surface area (Å²) >= 11 is 0. The molecule has 6 nitrogen and oxygen atoms in total. The first-order chi connectivity index (χ1) is 9.04. The van der Waals surface area contributed by atoms with Gasteiger partial charge in [0.25, 0.3) is 10.0 Å². The fourth-order valence-electron chi connectivity index (χ4n) is 3.21. The summed E-state index contributed by atoms with van der Waals surface area (Å²) in [7, 11) is -1.70. The molecule has 1 unspecified atom stereocenters. The number of aromatic nitrogens is 2. The first-order valence-electron chi connectivity index (χ1n) is 6.75. The predicted molar refractivity (Wildman–Crippen MR) is 71.0 cm³/mol. The molecule has 1 aromatic rings. The van der Waals surface area contributed by atoms with E-state index in [-0.39, 0.29) is 11.1 Å². The van der Waals surface area contributed by atoms with Crippen LogP contribution in [0.3, 0.4) is 0 Å². The normalized spacial score (nSPS) is 31.3. The van der Waals surface area contributed by atoms with E-state index in [1.807, 2.05) is 0 Å². The lowest BCUT2D eigenvalue weighted by molar-refractivity contribution is 0.260. The van der Waals surface area contributed by atoms with Gasteiger partial charge in [-0.3, -0.25) is 0 Å². The van der Waals surface area contributed by atoms with Crippen molar-refractivity contribution in [1.29, 1.82) is 0 Å². The van der Waals surface area contributed by atoms with Gasteiger partial charge in [0, 0.05) is 19.3 Å². The molecule has 1 aliphatic heterocycles. The Balaban J connectivity index is 1.68. The smallest absolute Gasteiger partial charge is 0.259 e. The van der Waals surface area contributed by atoms with Crippen LogP contribution in [0.15, 0.2) is 17.6 Å². The van der Waals surface area contributed by atoms with Gasteiger partial charge in [-0.25, -0.2) is 18.1 Å². The zero-order chi connectivity index (χ0) is 13.5. The zero-order valence-corrected chi connectivity index (χ0v) is 11.9. The Bertz CT molecular complexity index is 554. The molecule has 3 atom stereocenters. The zero-order valence-electron chi connectivity index (χ0n) is 11.0. The second-order valence-corrected chi connectivity index (χ2v) is 7.35. The number of sulfonamides is 1. The molecular weight excluding hydrogens is 264 g/mol. The van der Waals surface area contributed by atoms with E-state index >= 15 is 0 Å². The van der Waals surface area contributed by atoms with Crippen molar-refractivity contribution < 1.29 is 8.42 Å². The van der Waals surface area contributed by atoms with Crippen LogP contribution in [-0.4, -0.2) is 37.1 Å². The number of nitrogens with zero attached hydrogens (tertiary/aromatic N) is 2. The lowest BCUT2D eigenvalue weighted by Crippen LogP contribution is -2.40. The summed E-state index contributed by atoms with van der Waals surface area (Å²) in [5.41, 5.74) is 0. The third-order valence-electron chi connectivity index (χ3n) is 4.23. The summed E-state index contributed by atoms with van der Waals surface area (Å²) < 4.78 is 28.9. The Morgan fingerprint density at radius 1 is 1.37 bits per heavy atom. The standard InChI is InChI=1S/C12H20N4O2S/c1-16-7-12(14-8-16)19(17,18)15-11-3-2-9-5-13-6-10(9)4-11/h7-11,13,15H,2-6H2,1H3/t9-,10+,11?/m0/s1. The third kappa shape index (κ3) is 2.68. The second kappa shape index (κ2) is 4.88. The molecule has 2 fully saturated rings. The number of imidazole rings is 1. The molecule has 0 radical (unpaired) electrons. The molecule has 0 spiro atoms. The van der Waals surface area contributed by atoms with Crippen molar-refractivity contribution in [2.45, 2.75) is 30.3 Å². The molecule has 7 heteroatoms. The monoisotopic (exact) mass is 284 g/mol. The Kier molecular flexibility index (Phi) is 3.36. The number of aryl methyl sites for hydroxylation is 1. The van der Waals surface area contributed by atoms with Crippen molar-refractivity contribution in [3.05, 3.63) is 12.5 Å². The second-order valence-electron chi connectivity index (χ2n) is 5.69. The van der Waals surface area contributed by atoms with E-state index < -0.39 is 10.0 Å². The maximum atomic E-state index is 12.2. The van der Waals surface area contributed by atoms with Crippen LogP contribution in [0.4, 0.5) is 0 Å². The van der Waals surface area contributed by atoms with E-state index in [0.717, 1.165) is 38.3 Å². The van der Waals surface area contributed by atoms with E-state index in [4.69, 9.17) is 0 Å². The van der Waals surface area contributed by atoms with Crippen molar-refractivity contribution in [2.24, 2.45) is 18.9 Å². The summed E-state index contributed by atoms with van der Waals surface area (Å²) in [5, 5.41) is 3.50. The molecule has 3 rings (SSSR count). The number of fused-ring (bicyclic) bond motifs is 1. The molecule has 1 saturated carbocycles. The van der Waals surface area contributed by atoms with Gasteiger partial charge in [0.05, 0.1) is 6.33 Å². The maximum Gasteiger partial charge on any atom is 0.259 e. The molecule has 106 valence electrons. The Morgan fingerprint density at radius 3 is 2.89 bits per heavy atom. The van der Waals surface area contributed by atoms with Crippen LogP contribution < -0.4 is 10.0 Å². The van der Waals surface area contributed by atoms with Crippen LogP contribution in [0, 0.1) is 11.8 Å². The van der Waals surface area contributed by atoms with Gasteiger partial charge in [0.1, 0.15) is 0 Å². The summed E-state index contributed by atoms with van der Waals surface area (Å²) in [6.07, 6.45) is 6.00. The Hall–Kier alpha value is -0.920. The van der Waals surface area contributed by atoms with E-state index in [9.17, 15) is 8.42 Å². The minimum Gasteiger partial charge on any atom is -0.339 e. The van der Waals surface area contributed by atoms with Gasteiger partial charge in [0.2, 0.25) is 0 Å². The third-order valence-corrected chi connectivity index (χ3v) is 5.64. The maximum absolute atomic E-state index is 12.2. The molecule has 2 heterocycles. The van der Waals surface area contributed by atoms with E-state index in [1.54, 1.807) is 11.6 Å². The fraction of sp³-hybridized carbons (Fsp3) is 0.750. The van der Waals surface area contributed by atoms with Crippen LogP contribution in [0.5, 0.6) is 0 Å². The van der Waals surface area contributed by atoms with Crippen molar-refractivity contribution >= 4 is 10.0 Å². The molecule has 0 aromatic carbocycles. The van der Waals surface area contributed by atoms with Crippen LogP contribution in [0.25, 0.3) is 0 Å². The number of rotatable bonds is 3. The van der Waals surface area contributed by atoms with Crippen molar-refractivity contribution in [1.82, 2.24) is 19.6 Å². The lowest BCUT2D eigenvalue weighted by atomic mass is 9.79. The highest BCUT2D eigenvalue weighted by Crippen LogP contribution is 2.33. The average molecular weight is 284 g/mol. The highest BCUT2D eigenvalue weighted by Gasteiger charge is 2.35. The first kappa shape index (κ1) is 13.1. The topological polar surface area (TPSA) is 76.0 Å². The molecule has 19 heavy (non-hydrogen) atoms. The highest BCUT2D eigenvalue weighted by atomic mass is 32.2. The number of nitrogens with one attached hydrogen (secondary N) is 2. The van der Waals surface area contributed by atoms with Gasteiger partial charge in [0.15, 0.2) is 5.03 Å². The predicted octanol–water partition coefficient (Wildman–Crippen LogP) is 0.0865. The van der Waals surface area contributed by atoms with Gasteiger partial charge >= 0.3 is 0 Å². The van der Waals surface area contributed by atoms with Crippen LogP contribution >= 0.6 is 0 Å². The Morgan fingerprint density at radius 2 is 2.16 bits per heavy atom. The molecule has 0 bridgehead atoms. The van der Waals surface area contributed by atoms with Gasteiger partial charge < -0.3 is 9.88 Å². The van der Waals surface area contributed by atoms with E-state index in [1.165, 1.54) is 12.5 Å². The molecule has 2 aliphatic rings. The van der Waals surface area contributed by atoms with Gasteiger partial charge in [-0.2, -0.15) is 0 Å². The SMILES string of the molecule is Cn1cnc(S(=O)(=O)NC2CC[C@H]3CNC[C@H]3C2)c1. The van der Waals surface area contributed by atoms with Crippen LogP contribution in [0.1, 0.15) is 19.3 Å². The van der Waals surface area contributed by atoms with Crippen molar-refractivity contribution in [3.8, 4) is 0 Å². The quantitative estimate of drug-likeness (QED) is 0.824. The summed E-state index contributed by atoms with van der Waals surface area (Å²) in [4.78, 5) is 3.92. The largest absolute Gasteiger partial charge is 0.339 e. The molecule has 0 amide bonds. The minimum absolute atomic E-state index is 0.0492. The number of hydrogen-bond donors (Lipinski definition) is 2. The van der Waals surface area contributed by atoms with E-state index in [2.05, 4.69) is 15.0 Å². The summed E-state index contributed by atoms with van der Waals surface area (Å²) in [5.74, 6) is 1.35. The average Bonchev–Trinajstić information content (AvgIpc) is 2.96. The lowest BCUT2D eigenvalue weighted by Gasteiger charge is -2.31. The molecular formula is C12H20N4O2S. The van der Waals surface area contributed by atoms with Crippen LogP contribution in [0.2, 0.25) is 0 Å². The molecule has 1 saturated heterocycles. The van der Waals surface area contributed by atoms with Gasteiger partial charge in [-0.15, -0.1) is 0 Å². The highest BCUT2D eigenvalue weighted by molar-refractivity contribution is 7.89. The fourth-order valence-corrected chi connectivity index (χ4v) is 4.48. The molecule has 1 aliphatic carbocycles. The molecule has 1 aromatic heterocycles. The first-order valence-corrected chi connectivity index (χ1v) is 8.24. The van der Waals surface area contributed by atoms with E-state index in [0.29, 0.717) is 5.92 Å².